The number of hydrogen-bond acceptors (Lipinski definition) is 3. The van der Waals surface area contributed by atoms with Gasteiger partial charge in [0, 0.05) is 0 Å². The van der Waals surface area contributed by atoms with Gasteiger partial charge in [0.25, 0.3) is 0 Å². The molecule has 0 saturated heterocycles. The minimum atomic E-state index is -2.23. The number of benzene rings is 1. The third-order valence-electron chi connectivity index (χ3n) is 2.59. The normalized spacial score (nSPS) is 12.1. The highest BCUT2D eigenvalue weighted by Gasteiger charge is 2.33. The van der Waals surface area contributed by atoms with Crippen LogP contribution in [0.3, 0.4) is 0 Å². The fourth-order valence-electron chi connectivity index (χ4n) is 1.77. The minimum absolute atomic E-state index is 0.0754. The largest absolute Gasteiger partial charge is 0.516 e. The Balaban J connectivity index is 3.61. The van der Waals surface area contributed by atoms with Crippen molar-refractivity contribution in [3.63, 3.8) is 0 Å². The molecule has 0 saturated carbocycles. The van der Waals surface area contributed by atoms with Crippen molar-refractivity contribution in [2.75, 3.05) is 0 Å². The first kappa shape index (κ1) is 21.8. The monoisotopic (exact) mass is 445 g/mol. The number of hydrogen-bond donors (Lipinski definition) is 1. The van der Waals surface area contributed by atoms with Gasteiger partial charge in [-0.2, -0.15) is 0 Å². The van der Waals surface area contributed by atoms with E-state index in [0.29, 0.717) is 0 Å². The van der Waals surface area contributed by atoms with Gasteiger partial charge in [-0.05, 0) is 19.6 Å². The summed E-state index contributed by atoms with van der Waals surface area (Å²) in [5.41, 5.74) is -0.268. The van der Waals surface area contributed by atoms with Crippen LogP contribution in [-0.2, 0) is 4.43 Å². The molecule has 0 aliphatic carbocycles. The van der Waals surface area contributed by atoms with Crippen LogP contribution in [0, 0.1) is 0 Å². The number of nitrogens with one attached hydrogen (secondary N) is 1. The van der Waals surface area contributed by atoms with E-state index in [9.17, 15) is 9.59 Å². The zero-order valence-corrected chi connectivity index (χ0v) is 19.3. The second-order valence-electron chi connectivity index (χ2n) is 7.21. The molecule has 24 heavy (non-hydrogen) atoms. The Morgan fingerprint density at radius 2 is 1.21 bits per heavy atom. The number of rotatable bonds is 4. The summed E-state index contributed by atoms with van der Waals surface area (Å²) in [4.78, 5) is 28.1. The smallest absolute Gasteiger partial charge is 0.327 e. The molecule has 4 nitrogen and oxygen atoms in total. The van der Waals surface area contributed by atoms with Crippen molar-refractivity contribution in [3.8, 4) is 0 Å². The standard InChI is InChI=1S/C14H19Cl4NO3Si2/c1-23(2,3)19-13(20)7-8(14(21)22-24(4,5)6)10(16)12(18)11(17)9(7)15/h1-6H3,(H,19,20). The number of halogens is 4. The van der Waals surface area contributed by atoms with Crippen molar-refractivity contribution >= 4 is 74.8 Å². The van der Waals surface area contributed by atoms with E-state index in [4.69, 9.17) is 50.8 Å². The molecule has 0 fully saturated rings. The van der Waals surface area contributed by atoms with Crippen molar-refractivity contribution < 1.29 is 14.0 Å². The molecule has 0 radical (unpaired) electrons. The van der Waals surface area contributed by atoms with Crippen LogP contribution in [0.1, 0.15) is 20.7 Å². The van der Waals surface area contributed by atoms with E-state index in [2.05, 4.69) is 4.98 Å². The van der Waals surface area contributed by atoms with Crippen LogP contribution >= 0.6 is 46.4 Å². The van der Waals surface area contributed by atoms with E-state index in [1.807, 2.05) is 39.3 Å². The summed E-state index contributed by atoms with van der Waals surface area (Å²) in [6.45, 7) is 11.3. The Hall–Kier alpha value is -0.246. The van der Waals surface area contributed by atoms with E-state index in [1.165, 1.54) is 0 Å². The van der Waals surface area contributed by atoms with E-state index in [1.54, 1.807) is 0 Å². The number of amides is 1. The van der Waals surface area contributed by atoms with Crippen molar-refractivity contribution in [3.05, 3.63) is 31.2 Å². The molecule has 134 valence electrons. The lowest BCUT2D eigenvalue weighted by Gasteiger charge is -2.23. The average molecular weight is 447 g/mol. The van der Waals surface area contributed by atoms with Gasteiger partial charge in [-0.15, -0.1) is 0 Å². The predicted molar refractivity (Wildman–Crippen MR) is 106 cm³/mol. The van der Waals surface area contributed by atoms with Crippen molar-refractivity contribution in [2.45, 2.75) is 39.3 Å². The maximum atomic E-state index is 12.7. The average Bonchev–Trinajstić information content (AvgIpc) is 2.35. The Morgan fingerprint density at radius 3 is 1.58 bits per heavy atom. The third kappa shape index (κ3) is 5.37. The van der Waals surface area contributed by atoms with E-state index >= 15 is 0 Å². The van der Waals surface area contributed by atoms with E-state index < -0.39 is 28.4 Å². The fourth-order valence-corrected chi connectivity index (χ4v) is 4.25. The highest BCUT2D eigenvalue weighted by molar-refractivity contribution is 6.76. The molecular weight excluding hydrogens is 428 g/mol. The first-order valence-corrected chi connectivity index (χ1v) is 15.5. The highest BCUT2D eigenvalue weighted by atomic mass is 35.5. The van der Waals surface area contributed by atoms with Gasteiger partial charge in [0.05, 0.1) is 31.2 Å². The van der Waals surface area contributed by atoms with Gasteiger partial charge in [0.15, 0.2) is 0 Å². The molecule has 1 amide bonds. The molecule has 1 N–H and O–H groups in total. The lowest BCUT2D eigenvalue weighted by molar-refractivity contribution is 0.0719. The molecule has 0 heterocycles. The molecule has 0 aliphatic rings. The Labute approximate surface area is 164 Å². The molecule has 1 rings (SSSR count). The maximum Gasteiger partial charge on any atom is 0.327 e. The molecule has 1 aromatic carbocycles. The highest BCUT2D eigenvalue weighted by Crippen LogP contribution is 2.42. The second kappa shape index (κ2) is 7.55. The van der Waals surface area contributed by atoms with Gasteiger partial charge < -0.3 is 9.41 Å². The molecule has 0 atom stereocenters. The Kier molecular flexibility index (Phi) is 6.86. The van der Waals surface area contributed by atoms with Crippen LogP contribution in [0.2, 0.25) is 59.4 Å². The summed E-state index contributed by atoms with van der Waals surface area (Å²) in [6.07, 6.45) is 0. The molecule has 0 aliphatic heterocycles. The number of carbonyl (C=O) groups excluding carboxylic acids is 2. The summed E-state index contributed by atoms with van der Waals surface area (Å²) in [6, 6.07) is 0. The zero-order valence-electron chi connectivity index (χ0n) is 14.2. The van der Waals surface area contributed by atoms with E-state index in [0.717, 1.165) is 0 Å². The Bertz CT molecular complexity index is 638. The quantitative estimate of drug-likeness (QED) is 0.358. The molecule has 0 aromatic heterocycles. The van der Waals surface area contributed by atoms with Crippen LogP contribution in [0.25, 0.3) is 0 Å². The van der Waals surface area contributed by atoms with Gasteiger partial charge >= 0.3 is 5.97 Å². The summed E-state index contributed by atoms with van der Waals surface area (Å²) in [5, 5.41) is -0.427. The van der Waals surface area contributed by atoms with E-state index in [-0.39, 0.29) is 31.2 Å². The first-order valence-electron chi connectivity index (χ1n) is 7.07. The lowest BCUT2D eigenvalue weighted by Crippen LogP contribution is -2.46. The van der Waals surface area contributed by atoms with Crippen molar-refractivity contribution in [2.24, 2.45) is 0 Å². The maximum absolute atomic E-state index is 12.7. The van der Waals surface area contributed by atoms with Gasteiger partial charge in [-0.3, -0.25) is 4.79 Å². The molecule has 0 spiro atoms. The van der Waals surface area contributed by atoms with Crippen molar-refractivity contribution in [1.82, 2.24) is 4.98 Å². The summed E-state index contributed by atoms with van der Waals surface area (Å²) in [7, 11) is -4.23. The molecule has 10 heteroatoms. The van der Waals surface area contributed by atoms with Crippen LogP contribution in [0.4, 0.5) is 0 Å². The van der Waals surface area contributed by atoms with Crippen LogP contribution in [0.5, 0.6) is 0 Å². The van der Waals surface area contributed by atoms with Crippen molar-refractivity contribution in [1.29, 1.82) is 0 Å². The second-order valence-corrected chi connectivity index (χ2v) is 17.9. The summed E-state index contributed by atoms with van der Waals surface area (Å²) < 4.78 is 5.46. The number of carbonyl (C=O) groups is 2. The predicted octanol–water partition coefficient (Wildman–Crippen LogP) is 5.86. The molecule has 0 bridgehead atoms. The molecular formula is C14H19Cl4NO3Si2. The molecule has 1 aromatic rings. The van der Waals surface area contributed by atoms with Gasteiger partial charge in [-0.1, -0.05) is 66.0 Å². The summed E-state index contributed by atoms with van der Waals surface area (Å²) in [5.74, 6) is -1.26. The zero-order chi connectivity index (χ0) is 19.0. The SMILES string of the molecule is C[Si](C)(C)NC(=O)c1c(Cl)c(Cl)c(Cl)c(Cl)c1C(=O)O[Si](C)(C)C. The van der Waals surface area contributed by atoms with Gasteiger partial charge in [-0.25, -0.2) is 4.79 Å². The first-order chi connectivity index (χ1) is 10.7. The van der Waals surface area contributed by atoms with Gasteiger partial charge in [0.1, 0.15) is 8.24 Å². The fraction of sp³-hybridized carbons (Fsp3) is 0.429. The minimum Gasteiger partial charge on any atom is -0.516 e. The topological polar surface area (TPSA) is 55.4 Å². The van der Waals surface area contributed by atoms with Crippen LogP contribution < -0.4 is 4.98 Å². The van der Waals surface area contributed by atoms with Crippen LogP contribution in [0.15, 0.2) is 0 Å². The summed E-state index contributed by atoms with van der Waals surface area (Å²) >= 11 is 24.5. The lowest BCUT2D eigenvalue weighted by atomic mass is 10.1. The van der Waals surface area contributed by atoms with Crippen LogP contribution in [-0.4, -0.2) is 28.4 Å². The molecule has 0 unspecified atom stereocenters. The third-order valence-corrected chi connectivity index (χ3v) is 6.16. The van der Waals surface area contributed by atoms with Gasteiger partial charge in [0.2, 0.25) is 14.2 Å². The Morgan fingerprint density at radius 1 is 0.792 bits per heavy atom.